The second kappa shape index (κ2) is 5.29. The van der Waals surface area contributed by atoms with Gasteiger partial charge in [0.05, 0.1) is 5.02 Å². The molecule has 2 rings (SSSR count). The Morgan fingerprint density at radius 3 is 2.83 bits per heavy atom. The predicted octanol–water partition coefficient (Wildman–Crippen LogP) is 2.92. The fourth-order valence-electron chi connectivity index (χ4n) is 1.28. The number of carboxylic acids is 1. The van der Waals surface area contributed by atoms with E-state index in [-0.39, 0.29) is 12.4 Å². The van der Waals surface area contributed by atoms with Crippen molar-refractivity contribution in [2.75, 3.05) is 0 Å². The van der Waals surface area contributed by atoms with Crippen molar-refractivity contribution >= 4 is 29.2 Å². The highest BCUT2D eigenvalue weighted by atomic mass is 35.5. The van der Waals surface area contributed by atoms with Crippen LogP contribution in [0, 0.1) is 0 Å². The number of carbonyl (C=O) groups is 1. The maximum atomic E-state index is 10.6. The van der Waals surface area contributed by atoms with Gasteiger partial charge in [0.25, 0.3) is 0 Å². The number of aromatic nitrogens is 2. The van der Waals surface area contributed by atoms with E-state index in [0.717, 1.165) is 0 Å². The molecule has 0 atom stereocenters. The number of benzene rings is 1. The molecule has 1 heterocycles. The van der Waals surface area contributed by atoms with Crippen molar-refractivity contribution in [1.82, 2.24) is 9.78 Å². The standard InChI is InChI=1S/C11H8Cl2N2O3/c12-7-2-1-3-9(10(7)13)18-6-15-5-4-8(14-15)11(16)17/h1-5H,6H2,(H,16,17). The zero-order valence-electron chi connectivity index (χ0n) is 9.01. The Labute approximate surface area is 113 Å². The maximum absolute atomic E-state index is 10.6. The van der Waals surface area contributed by atoms with Crippen molar-refractivity contribution in [1.29, 1.82) is 0 Å². The molecule has 7 heteroatoms. The molecule has 0 saturated carbocycles. The summed E-state index contributed by atoms with van der Waals surface area (Å²) in [5.74, 6) is -0.675. The van der Waals surface area contributed by atoms with E-state index < -0.39 is 5.97 Å². The summed E-state index contributed by atoms with van der Waals surface area (Å²) in [6.07, 6.45) is 1.50. The zero-order valence-corrected chi connectivity index (χ0v) is 10.5. The van der Waals surface area contributed by atoms with Gasteiger partial charge in [-0.3, -0.25) is 0 Å². The molecule has 0 aliphatic carbocycles. The summed E-state index contributed by atoms with van der Waals surface area (Å²) in [5, 5.41) is 13.2. The molecule has 0 bridgehead atoms. The molecule has 1 N–H and O–H groups in total. The summed E-state index contributed by atoms with van der Waals surface area (Å²) in [6, 6.07) is 6.39. The number of ether oxygens (including phenoxy) is 1. The van der Waals surface area contributed by atoms with Gasteiger partial charge in [0.2, 0.25) is 0 Å². The Bertz CT molecular complexity index is 583. The third kappa shape index (κ3) is 2.75. The fourth-order valence-corrected chi connectivity index (χ4v) is 1.63. The van der Waals surface area contributed by atoms with Crippen LogP contribution in [0.4, 0.5) is 0 Å². The van der Waals surface area contributed by atoms with Gasteiger partial charge in [-0.15, -0.1) is 0 Å². The third-order valence-corrected chi connectivity index (χ3v) is 2.93. The second-order valence-corrected chi connectivity index (χ2v) is 4.16. The van der Waals surface area contributed by atoms with Gasteiger partial charge in [-0.05, 0) is 18.2 Å². The average molecular weight is 287 g/mol. The summed E-state index contributed by atoms with van der Waals surface area (Å²) in [7, 11) is 0. The van der Waals surface area contributed by atoms with Gasteiger partial charge in [0, 0.05) is 6.20 Å². The van der Waals surface area contributed by atoms with E-state index in [1.165, 1.54) is 16.9 Å². The van der Waals surface area contributed by atoms with Crippen LogP contribution in [-0.2, 0) is 6.73 Å². The van der Waals surface area contributed by atoms with Crippen molar-refractivity contribution in [2.24, 2.45) is 0 Å². The molecule has 0 aliphatic heterocycles. The average Bonchev–Trinajstić information content (AvgIpc) is 2.80. The van der Waals surface area contributed by atoms with Gasteiger partial charge in [0.15, 0.2) is 12.4 Å². The first kappa shape index (κ1) is 12.7. The number of rotatable bonds is 4. The van der Waals surface area contributed by atoms with Crippen LogP contribution in [-0.4, -0.2) is 20.9 Å². The van der Waals surface area contributed by atoms with Crippen LogP contribution in [0.5, 0.6) is 5.75 Å². The highest BCUT2D eigenvalue weighted by molar-refractivity contribution is 6.42. The van der Waals surface area contributed by atoms with E-state index in [9.17, 15) is 4.79 Å². The lowest BCUT2D eigenvalue weighted by Crippen LogP contribution is -2.07. The Hall–Kier alpha value is -1.72. The van der Waals surface area contributed by atoms with Gasteiger partial charge in [-0.25, -0.2) is 9.48 Å². The second-order valence-electron chi connectivity index (χ2n) is 3.37. The summed E-state index contributed by atoms with van der Waals surface area (Å²) < 4.78 is 6.74. The molecular weight excluding hydrogens is 279 g/mol. The van der Waals surface area contributed by atoms with Crippen molar-refractivity contribution in [3.8, 4) is 5.75 Å². The molecule has 1 aromatic carbocycles. The Kier molecular flexibility index (Phi) is 3.74. The lowest BCUT2D eigenvalue weighted by atomic mass is 10.3. The highest BCUT2D eigenvalue weighted by Crippen LogP contribution is 2.31. The maximum Gasteiger partial charge on any atom is 0.356 e. The van der Waals surface area contributed by atoms with Crippen LogP contribution in [0.15, 0.2) is 30.5 Å². The first-order valence-corrected chi connectivity index (χ1v) is 5.67. The number of halogens is 2. The minimum absolute atomic E-state index is 0.0456. The van der Waals surface area contributed by atoms with Gasteiger partial charge in [-0.1, -0.05) is 29.3 Å². The van der Waals surface area contributed by atoms with Crippen LogP contribution in [0.1, 0.15) is 10.5 Å². The summed E-state index contributed by atoms with van der Waals surface area (Å²) in [5.41, 5.74) is -0.0456. The van der Waals surface area contributed by atoms with Crippen LogP contribution in [0.2, 0.25) is 10.0 Å². The van der Waals surface area contributed by atoms with E-state index in [1.54, 1.807) is 18.2 Å². The van der Waals surface area contributed by atoms with Crippen LogP contribution < -0.4 is 4.74 Å². The molecule has 18 heavy (non-hydrogen) atoms. The van der Waals surface area contributed by atoms with E-state index in [4.69, 9.17) is 33.0 Å². The molecule has 0 aliphatic rings. The number of aromatic carboxylic acids is 1. The number of carboxylic acid groups (broad SMARTS) is 1. The molecule has 0 radical (unpaired) electrons. The minimum atomic E-state index is -1.09. The SMILES string of the molecule is O=C(O)c1ccn(COc2cccc(Cl)c2Cl)n1. The largest absolute Gasteiger partial charge is 0.476 e. The van der Waals surface area contributed by atoms with Gasteiger partial charge >= 0.3 is 5.97 Å². The smallest absolute Gasteiger partial charge is 0.356 e. The van der Waals surface area contributed by atoms with Crippen LogP contribution in [0.25, 0.3) is 0 Å². The minimum Gasteiger partial charge on any atom is -0.476 e. The number of hydrogen-bond donors (Lipinski definition) is 1. The summed E-state index contributed by atoms with van der Waals surface area (Å²) >= 11 is 11.8. The van der Waals surface area contributed by atoms with Crippen LogP contribution >= 0.6 is 23.2 Å². The number of nitrogens with zero attached hydrogens (tertiary/aromatic N) is 2. The molecule has 94 valence electrons. The number of hydrogen-bond acceptors (Lipinski definition) is 3. The Balaban J connectivity index is 2.07. The summed E-state index contributed by atoms with van der Waals surface area (Å²) in [4.78, 5) is 10.6. The van der Waals surface area contributed by atoms with Crippen molar-refractivity contribution in [3.63, 3.8) is 0 Å². The monoisotopic (exact) mass is 286 g/mol. The summed E-state index contributed by atoms with van der Waals surface area (Å²) in [6.45, 7) is 0.0490. The first-order chi connectivity index (χ1) is 8.58. The van der Waals surface area contributed by atoms with Crippen molar-refractivity contribution in [3.05, 3.63) is 46.2 Å². The molecule has 1 aromatic heterocycles. The van der Waals surface area contributed by atoms with E-state index in [0.29, 0.717) is 15.8 Å². The Morgan fingerprint density at radius 2 is 2.17 bits per heavy atom. The van der Waals surface area contributed by atoms with Gasteiger partial charge in [-0.2, -0.15) is 5.10 Å². The molecule has 0 fully saturated rings. The molecule has 5 nitrogen and oxygen atoms in total. The van der Waals surface area contributed by atoms with E-state index in [2.05, 4.69) is 5.10 Å². The van der Waals surface area contributed by atoms with E-state index in [1.807, 2.05) is 0 Å². The fraction of sp³-hybridized carbons (Fsp3) is 0.0909. The topological polar surface area (TPSA) is 64.3 Å². The molecule has 2 aromatic rings. The van der Waals surface area contributed by atoms with E-state index >= 15 is 0 Å². The molecule has 0 spiro atoms. The molecule has 0 unspecified atom stereocenters. The highest BCUT2D eigenvalue weighted by Gasteiger charge is 2.08. The lowest BCUT2D eigenvalue weighted by Gasteiger charge is -2.08. The van der Waals surface area contributed by atoms with Gasteiger partial charge < -0.3 is 9.84 Å². The normalized spacial score (nSPS) is 10.3. The quantitative estimate of drug-likeness (QED) is 0.939. The van der Waals surface area contributed by atoms with Crippen molar-refractivity contribution < 1.29 is 14.6 Å². The third-order valence-electron chi connectivity index (χ3n) is 2.13. The van der Waals surface area contributed by atoms with Crippen molar-refractivity contribution in [2.45, 2.75) is 6.73 Å². The first-order valence-electron chi connectivity index (χ1n) is 4.91. The molecule has 0 saturated heterocycles. The molecular formula is C11H8Cl2N2O3. The Morgan fingerprint density at radius 1 is 1.39 bits per heavy atom. The lowest BCUT2D eigenvalue weighted by molar-refractivity contribution is 0.0688. The van der Waals surface area contributed by atoms with Crippen LogP contribution in [0.3, 0.4) is 0 Å². The molecule has 0 amide bonds. The predicted molar refractivity (Wildman–Crippen MR) is 66.3 cm³/mol. The van der Waals surface area contributed by atoms with Gasteiger partial charge in [0.1, 0.15) is 10.8 Å². The zero-order chi connectivity index (χ0) is 13.1.